The fraction of sp³-hybridized carbons (Fsp3) is 0.611. The number of carbonyl (C=O) groups excluding carboxylic acids is 1. The van der Waals surface area contributed by atoms with Gasteiger partial charge in [-0.25, -0.2) is 4.79 Å². The fourth-order valence-corrected chi connectivity index (χ4v) is 3.47. The lowest BCUT2D eigenvalue weighted by molar-refractivity contribution is -0.0139. The van der Waals surface area contributed by atoms with Gasteiger partial charge in [0.05, 0.1) is 12.7 Å². The van der Waals surface area contributed by atoms with Crippen molar-refractivity contribution in [2.75, 3.05) is 13.2 Å². The van der Waals surface area contributed by atoms with Gasteiger partial charge in [-0.2, -0.15) is 0 Å². The van der Waals surface area contributed by atoms with Crippen LogP contribution in [0.1, 0.15) is 45.3 Å². The second-order valence-corrected chi connectivity index (χ2v) is 7.34. The monoisotopic (exact) mass is 319 g/mol. The number of amides is 1. The lowest BCUT2D eigenvalue weighted by Gasteiger charge is -2.38. The lowest BCUT2D eigenvalue weighted by Crippen LogP contribution is -2.47. The Hall–Kier alpha value is -1.75. The molecule has 5 nitrogen and oxygen atoms in total. The molecule has 23 heavy (non-hydrogen) atoms. The zero-order chi connectivity index (χ0) is 16.6. The summed E-state index contributed by atoms with van der Waals surface area (Å²) < 4.78 is 11.3. The van der Waals surface area contributed by atoms with Gasteiger partial charge in [-0.05, 0) is 39.7 Å². The van der Waals surface area contributed by atoms with E-state index in [4.69, 9.17) is 9.47 Å². The standard InChI is InChI=1S/C18H25NO4/c1-18(2,3)23-17(21)19-10-6-8-14(19)13-11-22-15-9-5-4-7-12(15)16(13)20/h4-5,7,9,13-14,16,20H,6,8,10-11H2,1-3H3. The maximum absolute atomic E-state index is 12.4. The molecule has 0 spiro atoms. The van der Waals surface area contributed by atoms with Crippen LogP contribution < -0.4 is 4.74 Å². The Labute approximate surface area is 137 Å². The van der Waals surface area contributed by atoms with E-state index >= 15 is 0 Å². The molecule has 0 saturated carbocycles. The number of rotatable bonds is 1. The molecule has 1 saturated heterocycles. The van der Waals surface area contributed by atoms with E-state index in [-0.39, 0.29) is 18.1 Å². The first kappa shape index (κ1) is 16.1. The maximum atomic E-state index is 12.4. The largest absolute Gasteiger partial charge is 0.493 e. The van der Waals surface area contributed by atoms with Crippen LogP contribution in [-0.4, -0.2) is 40.9 Å². The van der Waals surface area contributed by atoms with Crippen molar-refractivity contribution in [2.45, 2.75) is 51.4 Å². The van der Waals surface area contributed by atoms with Crippen molar-refractivity contribution in [3.63, 3.8) is 0 Å². The highest BCUT2D eigenvalue weighted by atomic mass is 16.6. The number of nitrogens with zero attached hydrogens (tertiary/aromatic N) is 1. The molecule has 1 aromatic carbocycles. The Morgan fingerprint density at radius 2 is 2.09 bits per heavy atom. The summed E-state index contributed by atoms with van der Waals surface area (Å²) in [5, 5.41) is 10.8. The smallest absolute Gasteiger partial charge is 0.410 e. The van der Waals surface area contributed by atoms with Gasteiger partial charge in [0.2, 0.25) is 0 Å². The molecule has 2 aliphatic rings. The molecule has 1 aromatic rings. The number of para-hydroxylation sites is 1. The Morgan fingerprint density at radius 3 is 2.83 bits per heavy atom. The van der Waals surface area contributed by atoms with Crippen molar-refractivity contribution in [3.8, 4) is 5.75 Å². The summed E-state index contributed by atoms with van der Waals surface area (Å²) in [7, 11) is 0. The van der Waals surface area contributed by atoms with E-state index in [1.807, 2.05) is 45.0 Å². The van der Waals surface area contributed by atoms with Crippen LogP contribution in [-0.2, 0) is 4.74 Å². The molecule has 0 aliphatic carbocycles. The lowest BCUT2D eigenvalue weighted by atomic mass is 9.86. The maximum Gasteiger partial charge on any atom is 0.410 e. The Balaban J connectivity index is 1.77. The van der Waals surface area contributed by atoms with Crippen LogP contribution in [0.15, 0.2) is 24.3 Å². The van der Waals surface area contributed by atoms with E-state index in [1.165, 1.54) is 0 Å². The molecule has 2 heterocycles. The van der Waals surface area contributed by atoms with E-state index in [9.17, 15) is 9.90 Å². The molecule has 3 unspecified atom stereocenters. The highest BCUT2D eigenvalue weighted by molar-refractivity contribution is 5.69. The topological polar surface area (TPSA) is 59.0 Å². The average molecular weight is 319 g/mol. The van der Waals surface area contributed by atoms with Crippen LogP contribution in [0.5, 0.6) is 5.75 Å². The number of aliphatic hydroxyl groups excluding tert-OH is 1. The quantitative estimate of drug-likeness (QED) is 0.864. The molecule has 1 N–H and O–H groups in total. The van der Waals surface area contributed by atoms with Gasteiger partial charge in [-0.15, -0.1) is 0 Å². The van der Waals surface area contributed by atoms with Crippen molar-refractivity contribution in [2.24, 2.45) is 5.92 Å². The number of ether oxygens (including phenoxy) is 2. The number of aliphatic hydroxyl groups is 1. The summed E-state index contributed by atoms with van der Waals surface area (Å²) >= 11 is 0. The predicted octanol–water partition coefficient (Wildman–Crippen LogP) is 3.13. The van der Waals surface area contributed by atoms with Crippen molar-refractivity contribution >= 4 is 6.09 Å². The summed E-state index contributed by atoms with van der Waals surface area (Å²) in [5.74, 6) is 0.609. The van der Waals surface area contributed by atoms with Gasteiger partial charge in [0, 0.05) is 24.1 Å². The molecule has 3 atom stereocenters. The van der Waals surface area contributed by atoms with Gasteiger partial charge in [0.15, 0.2) is 0 Å². The van der Waals surface area contributed by atoms with Crippen molar-refractivity contribution in [1.29, 1.82) is 0 Å². The molecule has 126 valence electrons. The van der Waals surface area contributed by atoms with Gasteiger partial charge < -0.3 is 19.5 Å². The molecule has 1 fully saturated rings. The zero-order valence-electron chi connectivity index (χ0n) is 14.0. The molecule has 1 amide bonds. The molecule has 5 heteroatoms. The number of hydrogen-bond donors (Lipinski definition) is 1. The van der Waals surface area contributed by atoms with Gasteiger partial charge in [0.1, 0.15) is 11.4 Å². The first-order valence-corrected chi connectivity index (χ1v) is 8.26. The van der Waals surface area contributed by atoms with E-state index in [1.54, 1.807) is 4.90 Å². The molecule has 0 aromatic heterocycles. The fourth-order valence-electron chi connectivity index (χ4n) is 3.47. The first-order valence-electron chi connectivity index (χ1n) is 8.26. The summed E-state index contributed by atoms with van der Waals surface area (Å²) in [6.07, 6.45) is 0.875. The number of likely N-dealkylation sites (tertiary alicyclic amines) is 1. The molecular formula is C18H25NO4. The summed E-state index contributed by atoms with van der Waals surface area (Å²) in [6.45, 7) is 6.69. The third-order valence-electron chi connectivity index (χ3n) is 4.50. The van der Waals surface area contributed by atoms with E-state index in [2.05, 4.69) is 0 Å². The predicted molar refractivity (Wildman–Crippen MR) is 86.3 cm³/mol. The van der Waals surface area contributed by atoms with Crippen LogP contribution in [0.3, 0.4) is 0 Å². The normalized spacial score (nSPS) is 27.3. The minimum Gasteiger partial charge on any atom is -0.493 e. The van der Waals surface area contributed by atoms with E-state index < -0.39 is 11.7 Å². The summed E-state index contributed by atoms with van der Waals surface area (Å²) in [4.78, 5) is 14.2. The van der Waals surface area contributed by atoms with Crippen molar-refractivity contribution in [3.05, 3.63) is 29.8 Å². The first-order chi connectivity index (χ1) is 10.9. The molecule has 2 aliphatic heterocycles. The highest BCUT2D eigenvalue weighted by Gasteiger charge is 2.42. The molecule has 3 rings (SSSR count). The van der Waals surface area contributed by atoms with Gasteiger partial charge in [0.25, 0.3) is 0 Å². The number of hydrogen-bond acceptors (Lipinski definition) is 4. The van der Waals surface area contributed by atoms with Gasteiger partial charge in [-0.3, -0.25) is 0 Å². The summed E-state index contributed by atoms with van der Waals surface area (Å²) in [6, 6.07) is 7.50. The second kappa shape index (κ2) is 6.04. The number of carbonyl (C=O) groups is 1. The average Bonchev–Trinajstić information content (AvgIpc) is 2.95. The third-order valence-corrected chi connectivity index (χ3v) is 4.50. The van der Waals surface area contributed by atoms with Crippen LogP contribution in [0.25, 0.3) is 0 Å². The van der Waals surface area contributed by atoms with Gasteiger partial charge in [-0.1, -0.05) is 18.2 Å². The molecule has 0 bridgehead atoms. The van der Waals surface area contributed by atoms with E-state index in [0.29, 0.717) is 13.2 Å². The summed E-state index contributed by atoms with van der Waals surface area (Å²) in [5.41, 5.74) is 0.290. The number of benzene rings is 1. The van der Waals surface area contributed by atoms with Crippen LogP contribution in [0, 0.1) is 5.92 Å². The van der Waals surface area contributed by atoms with Gasteiger partial charge >= 0.3 is 6.09 Å². The molecular weight excluding hydrogens is 294 g/mol. The molecule has 0 radical (unpaired) electrons. The minimum absolute atomic E-state index is 0.0480. The zero-order valence-corrected chi connectivity index (χ0v) is 14.0. The van der Waals surface area contributed by atoms with E-state index in [0.717, 1.165) is 24.2 Å². The van der Waals surface area contributed by atoms with Crippen LogP contribution >= 0.6 is 0 Å². The second-order valence-electron chi connectivity index (χ2n) is 7.34. The van der Waals surface area contributed by atoms with Crippen LogP contribution in [0.2, 0.25) is 0 Å². The van der Waals surface area contributed by atoms with Crippen molar-refractivity contribution < 1.29 is 19.4 Å². The third kappa shape index (κ3) is 3.29. The highest BCUT2D eigenvalue weighted by Crippen LogP contribution is 2.40. The Kier molecular flexibility index (Phi) is 4.23. The van der Waals surface area contributed by atoms with Crippen molar-refractivity contribution in [1.82, 2.24) is 4.90 Å². The van der Waals surface area contributed by atoms with Crippen LogP contribution in [0.4, 0.5) is 4.79 Å². The Morgan fingerprint density at radius 1 is 1.35 bits per heavy atom. The minimum atomic E-state index is -0.618. The SMILES string of the molecule is CC(C)(C)OC(=O)N1CCCC1C1COc2ccccc2C1O. The Bertz CT molecular complexity index is 581. The number of fused-ring (bicyclic) bond motifs is 1.